The van der Waals surface area contributed by atoms with E-state index in [1.54, 1.807) is 4.90 Å². The minimum atomic E-state index is -0.306. The molecular weight excluding hydrogens is 522 g/mol. The molecule has 0 N–H and O–H groups in total. The van der Waals surface area contributed by atoms with Crippen molar-refractivity contribution in [3.63, 3.8) is 0 Å². The molecule has 28 heavy (non-hydrogen) atoms. The largest absolute Gasteiger partial charge is 0.449 e. The van der Waals surface area contributed by atoms with Gasteiger partial charge in [0.15, 0.2) is 0 Å². The van der Waals surface area contributed by atoms with Crippen LogP contribution in [0.5, 0.6) is 0 Å². The first-order valence-corrected chi connectivity index (χ1v) is 13.3. The van der Waals surface area contributed by atoms with Crippen molar-refractivity contribution in [3.05, 3.63) is 31.8 Å². The van der Waals surface area contributed by atoms with Gasteiger partial charge in [0.1, 0.15) is 10.0 Å². The third-order valence-corrected chi connectivity index (χ3v) is 7.68. The summed E-state index contributed by atoms with van der Waals surface area (Å²) in [6.07, 6.45) is 12.4. The molecule has 0 atom stereocenters. The number of nitrogens with zero attached hydrogens (tertiary/aromatic N) is 1. The Balaban J connectivity index is 1.68. The Morgan fingerprint density at radius 2 is 1.29 bits per heavy atom. The average Bonchev–Trinajstić information content (AvgIpc) is 3.28. The van der Waals surface area contributed by atoms with Gasteiger partial charge in [-0.2, -0.15) is 0 Å². The van der Waals surface area contributed by atoms with E-state index < -0.39 is 0 Å². The van der Waals surface area contributed by atoms with Gasteiger partial charge in [0.25, 0.3) is 0 Å². The number of thiophene rings is 2. The average molecular weight is 551 g/mol. The molecule has 0 bridgehead atoms. The molecule has 0 saturated carbocycles. The SMILES string of the molecule is CCCCCCCCCCCCOC(=O)N(c1ccc(Br)s1)c1ccc(Br)s1. The maximum Gasteiger partial charge on any atom is 0.420 e. The van der Waals surface area contributed by atoms with Gasteiger partial charge in [-0.15, -0.1) is 22.7 Å². The maximum absolute atomic E-state index is 12.7. The van der Waals surface area contributed by atoms with E-state index >= 15 is 0 Å². The van der Waals surface area contributed by atoms with E-state index in [-0.39, 0.29) is 6.09 Å². The minimum Gasteiger partial charge on any atom is -0.449 e. The number of rotatable bonds is 13. The summed E-state index contributed by atoms with van der Waals surface area (Å²) in [6, 6.07) is 7.77. The smallest absolute Gasteiger partial charge is 0.420 e. The van der Waals surface area contributed by atoms with Gasteiger partial charge >= 0.3 is 6.09 Å². The zero-order chi connectivity index (χ0) is 20.2. The number of carbonyl (C=O) groups excluding carboxylic acids is 1. The molecule has 0 saturated heterocycles. The van der Waals surface area contributed by atoms with Crippen molar-refractivity contribution in [2.45, 2.75) is 71.1 Å². The van der Waals surface area contributed by atoms with Crippen LogP contribution in [0.1, 0.15) is 71.1 Å². The third-order valence-electron chi connectivity index (χ3n) is 4.46. The summed E-state index contributed by atoms with van der Waals surface area (Å²) in [6.45, 7) is 2.73. The van der Waals surface area contributed by atoms with Crippen molar-refractivity contribution in [1.82, 2.24) is 0 Å². The van der Waals surface area contributed by atoms with Crippen LogP contribution in [0.2, 0.25) is 0 Å². The predicted octanol–water partition coefficient (Wildman–Crippen LogP) is 9.53. The van der Waals surface area contributed by atoms with Gasteiger partial charge in [0.05, 0.1) is 14.2 Å². The Morgan fingerprint density at radius 1 is 0.821 bits per heavy atom. The summed E-state index contributed by atoms with van der Waals surface area (Å²) in [7, 11) is 0. The zero-order valence-electron chi connectivity index (χ0n) is 16.4. The van der Waals surface area contributed by atoms with Crippen LogP contribution in [-0.2, 0) is 4.74 Å². The predicted molar refractivity (Wildman–Crippen MR) is 129 cm³/mol. The molecule has 0 aromatic carbocycles. The van der Waals surface area contributed by atoms with E-state index in [0.29, 0.717) is 6.61 Å². The Bertz CT molecular complexity index is 662. The van der Waals surface area contributed by atoms with Crippen LogP contribution in [0, 0.1) is 0 Å². The van der Waals surface area contributed by atoms with Gasteiger partial charge in [-0.25, -0.2) is 9.69 Å². The van der Waals surface area contributed by atoms with E-state index in [2.05, 4.69) is 38.8 Å². The summed E-state index contributed by atoms with van der Waals surface area (Å²) in [5.74, 6) is 0. The van der Waals surface area contributed by atoms with Crippen LogP contribution in [0.25, 0.3) is 0 Å². The van der Waals surface area contributed by atoms with Crippen molar-refractivity contribution in [2.24, 2.45) is 0 Å². The van der Waals surface area contributed by atoms with Crippen LogP contribution in [0.15, 0.2) is 31.8 Å². The Hall–Kier alpha value is -0.370. The molecule has 0 fully saturated rings. The Morgan fingerprint density at radius 3 is 1.71 bits per heavy atom. The molecule has 156 valence electrons. The van der Waals surface area contributed by atoms with Crippen LogP contribution >= 0.6 is 54.5 Å². The van der Waals surface area contributed by atoms with Crippen LogP contribution in [0.4, 0.5) is 14.8 Å². The van der Waals surface area contributed by atoms with Crippen LogP contribution in [-0.4, -0.2) is 12.7 Å². The normalized spacial score (nSPS) is 11.0. The topological polar surface area (TPSA) is 29.5 Å². The fraction of sp³-hybridized carbons (Fsp3) is 0.571. The number of carbonyl (C=O) groups is 1. The fourth-order valence-electron chi connectivity index (χ4n) is 2.95. The van der Waals surface area contributed by atoms with Crippen molar-refractivity contribution in [1.29, 1.82) is 0 Å². The molecule has 2 aromatic rings. The molecule has 2 rings (SSSR count). The molecule has 2 aromatic heterocycles. The number of halogens is 2. The second-order valence-electron chi connectivity index (χ2n) is 6.79. The first-order chi connectivity index (χ1) is 13.6. The zero-order valence-corrected chi connectivity index (χ0v) is 21.2. The summed E-state index contributed by atoms with van der Waals surface area (Å²) in [5.41, 5.74) is 0. The second-order valence-corrected chi connectivity index (χ2v) is 11.7. The van der Waals surface area contributed by atoms with E-state index in [9.17, 15) is 4.79 Å². The van der Waals surface area contributed by atoms with E-state index in [1.165, 1.54) is 74.0 Å². The quantitative estimate of drug-likeness (QED) is 0.232. The lowest BCUT2D eigenvalue weighted by Crippen LogP contribution is -2.25. The van der Waals surface area contributed by atoms with E-state index in [1.807, 2.05) is 24.3 Å². The van der Waals surface area contributed by atoms with Crippen LogP contribution in [0.3, 0.4) is 0 Å². The molecule has 0 radical (unpaired) electrons. The van der Waals surface area contributed by atoms with Crippen molar-refractivity contribution in [2.75, 3.05) is 11.5 Å². The van der Waals surface area contributed by atoms with Gasteiger partial charge in [0, 0.05) is 0 Å². The molecule has 2 heterocycles. The fourth-order valence-corrected chi connectivity index (χ4v) is 5.74. The lowest BCUT2D eigenvalue weighted by Gasteiger charge is -2.18. The molecule has 0 unspecified atom stereocenters. The number of unbranched alkanes of at least 4 members (excludes halogenated alkanes) is 9. The van der Waals surface area contributed by atoms with E-state index in [4.69, 9.17) is 4.74 Å². The van der Waals surface area contributed by atoms with E-state index in [0.717, 1.165) is 30.4 Å². The molecular formula is C21H29Br2NO2S2. The highest BCUT2D eigenvalue weighted by atomic mass is 79.9. The summed E-state index contributed by atoms with van der Waals surface area (Å²) >= 11 is 9.99. The van der Waals surface area contributed by atoms with Gasteiger partial charge in [-0.05, 0) is 62.5 Å². The highest BCUT2D eigenvalue weighted by Gasteiger charge is 2.22. The third kappa shape index (κ3) is 8.56. The van der Waals surface area contributed by atoms with Crippen molar-refractivity contribution < 1.29 is 9.53 Å². The summed E-state index contributed by atoms with van der Waals surface area (Å²) < 4.78 is 7.56. The second kappa shape index (κ2) is 13.8. The highest BCUT2D eigenvalue weighted by molar-refractivity contribution is 9.11. The van der Waals surface area contributed by atoms with Gasteiger partial charge in [-0.1, -0.05) is 64.7 Å². The first-order valence-electron chi connectivity index (χ1n) is 10.1. The maximum atomic E-state index is 12.7. The Labute approximate surface area is 193 Å². The lowest BCUT2D eigenvalue weighted by atomic mass is 10.1. The Kier molecular flexibility index (Phi) is 11.8. The number of ether oxygens (including phenoxy) is 1. The number of anilines is 2. The molecule has 1 amide bonds. The van der Waals surface area contributed by atoms with Crippen LogP contribution < -0.4 is 4.90 Å². The monoisotopic (exact) mass is 549 g/mol. The number of amides is 1. The van der Waals surface area contributed by atoms with Crippen molar-refractivity contribution in [3.8, 4) is 0 Å². The lowest BCUT2D eigenvalue weighted by molar-refractivity contribution is 0.154. The molecule has 3 nitrogen and oxygen atoms in total. The minimum absolute atomic E-state index is 0.306. The molecule has 0 spiro atoms. The van der Waals surface area contributed by atoms with Gasteiger partial charge in [-0.3, -0.25) is 0 Å². The standard InChI is InChI=1S/C21H29Br2NO2S2/c1-2-3-4-5-6-7-8-9-10-11-16-26-21(25)24(19-14-12-17(22)27-19)20-15-13-18(23)28-20/h12-15H,2-11,16H2,1H3. The number of hydrogen-bond donors (Lipinski definition) is 0. The molecule has 0 aliphatic heterocycles. The molecule has 0 aliphatic rings. The van der Waals surface area contributed by atoms with Gasteiger partial charge in [0.2, 0.25) is 0 Å². The highest BCUT2D eigenvalue weighted by Crippen LogP contribution is 2.39. The van der Waals surface area contributed by atoms with Gasteiger partial charge < -0.3 is 4.74 Å². The number of hydrogen-bond acceptors (Lipinski definition) is 4. The summed E-state index contributed by atoms with van der Waals surface area (Å²) in [5, 5.41) is 1.71. The van der Waals surface area contributed by atoms with Crippen molar-refractivity contribution >= 4 is 70.6 Å². The summed E-state index contributed by atoms with van der Waals surface area (Å²) in [4.78, 5) is 14.4. The molecule has 0 aliphatic carbocycles. The first kappa shape index (κ1) is 23.9. The molecule has 7 heteroatoms.